The van der Waals surface area contributed by atoms with Crippen molar-refractivity contribution in [3.05, 3.63) is 29.6 Å². The summed E-state index contributed by atoms with van der Waals surface area (Å²) >= 11 is 0. The molecule has 18 heavy (non-hydrogen) atoms. The van der Waals surface area contributed by atoms with Crippen LogP contribution in [0, 0.1) is 5.82 Å². The molecule has 6 heteroatoms. The third kappa shape index (κ3) is 4.31. The molecule has 0 saturated heterocycles. The van der Waals surface area contributed by atoms with Gasteiger partial charge in [0.15, 0.2) is 0 Å². The van der Waals surface area contributed by atoms with E-state index in [1.54, 1.807) is 12.1 Å². The van der Waals surface area contributed by atoms with E-state index in [4.69, 9.17) is 10.2 Å². The number of aliphatic hydroxyl groups is 2. The summed E-state index contributed by atoms with van der Waals surface area (Å²) in [7, 11) is 0. The van der Waals surface area contributed by atoms with Gasteiger partial charge in [0.25, 0.3) is 0 Å². The lowest BCUT2D eigenvalue weighted by molar-refractivity contribution is 0.0965. The Labute approximate surface area is 105 Å². The van der Waals surface area contributed by atoms with E-state index in [0.717, 1.165) is 0 Å². The van der Waals surface area contributed by atoms with Crippen LogP contribution in [-0.4, -0.2) is 35.5 Å². The van der Waals surface area contributed by atoms with E-state index in [1.807, 2.05) is 6.92 Å². The molecule has 1 unspecified atom stereocenters. The number of carbonyl (C=O) groups excluding carboxylic acids is 1. The smallest absolute Gasteiger partial charge is 0.319 e. The minimum absolute atomic E-state index is 0.0716. The molecule has 0 aromatic heterocycles. The molecule has 100 valence electrons. The molecule has 0 radical (unpaired) electrons. The zero-order valence-corrected chi connectivity index (χ0v) is 10.1. The molecule has 0 aliphatic rings. The number of hydrogen-bond acceptors (Lipinski definition) is 3. The molecule has 0 bridgehead atoms. The number of benzene rings is 1. The highest BCUT2D eigenvalue weighted by molar-refractivity contribution is 5.89. The summed E-state index contributed by atoms with van der Waals surface area (Å²) in [4.78, 5) is 11.4. The van der Waals surface area contributed by atoms with Crippen LogP contribution in [0.5, 0.6) is 0 Å². The Morgan fingerprint density at radius 1 is 1.50 bits per heavy atom. The Morgan fingerprint density at radius 3 is 2.78 bits per heavy atom. The van der Waals surface area contributed by atoms with Crippen LogP contribution < -0.4 is 10.6 Å². The number of carbonyl (C=O) groups is 1. The second-order valence-electron chi connectivity index (χ2n) is 3.83. The molecule has 0 saturated carbocycles. The van der Waals surface area contributed by atoms with Gasteiger partial charge in [-0.05, 0) is 24.1 Å². The average molecular weight is 256 g/mol. The lowest BCUT2D eigenvalue weighted by Gasteiger charge is -2.11. The van der Waals surface area contributed by atoms with Crippen molar-refractivity contribution in [2.75, 3.05) is 18.5 Å². The number of hydrogen-bond donors (Lipinski definition) is 4. The Balaban J connectivity index is 2.52. The fourth-order valence-corrected chi connectivity index (χ4v) is 1.36. The third-order valence-electron chi connectivity index (χ3n) is 2.40. The zero-order chi connectivity index (χ0) is 13.5. The van der Waals surface area contributed by atoms with Crippen molar-refractivity contribution >= 4 is 11.7 Å². The molecule has 0 spiro atoms. The van der Waals surface area contributed by atoms with Gasteiger partial charge in [-0.1, -0.05) is 13.0 Å². The number of amides is 2. The second kappa shape index (κ2) is 6.93. The first kappa shape index (κ1) is 14.4. The van der Waals surface area contributed by atoms with Crippen molar-refractivity contribution in [1.82, 2.24) is 5.32 Å². The van der Waals surface area contributed by atoms with Crippen molar-refractivity contribution in [3.63, 3.8) is 0 Å². The maximum atomic E-state index is 13.4. The van der Waals surface area contributed by atoms with Crippen LogP contribution in [0.25, 0.3) is 0 Å². The van der Waals surface area contributed by atoms with Gasteiger partial charge in [0, 0.05) is 12.2 Å². The van der Waals surface area contributed by atoms with E-state index < -0.39 is 18.7 Å². The largest absolute Gasteiger partial charge is 0.394 e. The predicted octanol–water partition coefficient (Wildman–Crippen LogP) is 0.863. The molecule has 5 nitrogen and oxygen atoms in total. The Hall–Kier alpha value is -1.66. The predicted molar refractivity (Wildman–Crippen MR) is 65.9 cm³/mol. The van der Waals surface area contributed by atoms with Gasteiger partial charge < -0.3 is 20.8 Å². The number of urea groups is 1. The average Bonchev–Trinajstić information content (AvgIpc) is 2.36. The van der Waals surface area contributed by atoms with Crippen molar-refractivity contribution in [2.45, 2.75) is 19.4 Å². The highest BCUT2D eigenvalue weighted by Gasteiger charge is 2.07. The third-order valence-corrected chi connectivity index (χ3v) is 2.40. The minimum Gasteiger partial charge on any atom is -0.394 e. The highest BCUT2D eigenvalue weighted by Crippen LogP contribution is 2.14. The lowest BCUT2D eigenvalue weighted by atomic mass is 10.1. The first-order chi connectivity index (χ1) is 8.56. The van der Waals surface area contributed by atoms with Crippen molar-refractivity contribution < 1.29 is 19.4 Å². The van der Waals surface area contributed by atoms with Gasteiger partial charge in [-0.3, -0.25) is 0 Å². The van der Waals surface area contributed by atoms with E-state index in [-0.39, 0.29) is 12.4 Å². The summed E-state index contributed by atoms with van der Waals surface area (Å²) in [6.45, 7) is 1.34. The van der Waals surface area contributed by atoms with Crippen LogP contribution >= 0.6 is 0 Å². The molecule has 0 heterocycles. The van der Waals surface area contributed by atoms with Gasteiger partial charge in [0.1, 0.15) is 5.82 Å². The van der Waals surface area contributed by atoms with Crippen LogP contribution in [0.2, 0.25) is 0 Å². The van der Waals surface area contributed by atoms with Gasteiger partial charge in [0.2, 0.25) is 0 Å². The fraction of sp³-hybridized carbons (Fsp3) is 0.417. The molecule has 1 atom stereocenters. The molecular weight excluding hydrogens is 239 g/mol. The van der Waals surface area contributed by atoms with Crippen molar-refractivity contribution in [1.29, 1.82) is 0 Å². The van der Waals surface area contributed by atoms with Gasteiger partial charge in [-0.15, -0.1) is 0 Å². The summed E-state index contributed by atoms with van der Waals surface area (Å²) in [5.74, 6) is -0.370. The van der Waals surface area contributed by atoms with Crippen LogP contribution in [0.15, 0.2) is 18.2 Å². The van der Waals surface area contributed by atoms with Crippen LogP contribution in [0.3, 0.4) is 0 Å². The molecule has 1 aromatic rings. The quantitative estimate of drug-likeness (QED) is 0.630. The fourth-order valence-electron chi connectivity index (χ4n) is 1.36. The maximum absolute atomic E-state index is 13.4. The number of anilines is 1. The van der Waals surface area contributed by atoms with Crippen LogP contribution in [-0.2, 0) is 6.42 Å². The molecule has 1 aromatic carbocycles. The zero-order valence-electron chi connectivity index (χ0n) is 10.1. The SMILES string of the molecule is CCc1ccc(NC(=O)NCC(O)CO)cc1F. The van der Waals surface area contributed by atoms with Crippen LogP contribution in [0.4, 0.5) is 14.9 Å². The first-order valence-corrected chi connectivity index (χ1v) is 5.69. The standard InChI is InChI=1S/C12H17FN2O3/c1-2-8-3-4-9(5-11(8)13)15-12(18)14-6-10(17)7-16/h3-5,10,16-17H,2,6-7H2,1H3,(H2,14,15,18). The minimum atomic E-state index is -1.00. The topological polar surface area (TPSA) is 81.6 Å². The van der Waals surface area contributed by atoms with Gasteiger partial charge in [-0.25, -0.2) is 9.18 Å². The first-order valence-electron chi connectivity index (χ1n) is 5.69. The van der Waals surface area contributed by atoms with Gasteiger partial charge >= 0.3 is 6.03 Å². The van der Waals surface area contributed by atoms with E-state index in [2.05, 4.69) is 10.6 Å². The van der Waals surface area contributed by atoms with E-state index in [0.29, 0.717) is 17.7 Å². The summed E-state index contributed by atoms with van der Waals surface area (Å²) in [5, 5.41) is 22.4. The monoisotopic (exact) mass is 256 g/mol. The summed E-state index contributed by atoms with van der Waals surface area (Å²) in [6.07, 6.45) is -0.420. The number of aryl methyl sites for hydroxylation is 1. The number of halogens is 1. The number of rotatable bonds is 5. The van der Waals surface area contributed by atoms with E-state index >= 15 is 0 Å². The summed E-state index contributed by atoms with van der Waals surface area (Å²) in [5.41, 5.74) is 0.914. The molecular formula is C12H17FN2O3. The molecule has 0 aliphatic heterocycles. The van der Waals surface area contributed by atoms with E-state index in [1.165, 1.54) is 6.07 Å². The normalized spacial score (nSPS) is 12.0. The number of aliphatic hydroxyl groups excluding tert-OH is 2. The summed E-state index contributed by atoms with van der Waals surface area (Å²) < 4.78 is 13.4. The Kier molecular flexibility index (Phi) is 5.54. The lowest BCUT2D eigenvalue weighted by Crippen LogP contribution is -2.36. The Morgan fingerprint density at radius 2 is 2.22 bits per heavy atom. The van der Waals surface area contributed by atoms with E-state index in [9.17, 15) is 9.18 Å². The number of nitrogens with one attached hydrogen (secondary N) is 2. The van der Waals surface area contributed by atoms with Gasteiger partial charge in [-0.2, -0.15) is 0 Å². The maximum Gasteiger partial charge on any atom is 0.319 e. The molecule has 0 fully saturated rings. The second-order valence-corrected chi connectivity index (χ2v) is 3.83. The Bertz CT molecular complexity index is 412. The van der Waals surface area contributed by atoms with Gasteiger partial charge in [0.05, 0.1) is 12.7 Å². The highest BCUT2D eigenvalue weighted by atomic mass is 19.1. The molecule has 2 amide bonds. The van der Waals surface area contributed by atoms with Crippen molar-refractivity contribution in [2.24, 2.45) is 0 Å². The molecule has 1 rings (SSSR count). The van der Waals surface area contributed by atoms with Crippen LogP contribution in [0.1, 0.15) is 12.5 Å². The molecule has 0 aliphatic carbocycles. The van der Waals surface area contributed by atoms with Crippen molar-refractivity contribution in [3.8, 4) is 0 Å². The molecule has 4 N–H and O–H groups in total. The summed E-state index contributed by atoms with van der Waals surface area (Å²) in [6, 6.07) is 3.88.